The van der Waals surface area contributed by atoms with Crippen molar-refractivity contribution in [3.05, 3.63) is 12.2 Å². The van der Waals surface area contributed by atoms with Crippen molar-refractivity contribution in [2.24, 2.45) is 0 Å². The molecule has 0 aromatic heterocycles. The van der Waals surface area contributed by atoms with Crippen LogP contribution in [-0.2, 0) is 0 Å². The third kappa shape index (κ3) is 5.26. The molecule has 0 radical (unpaired) electrons. The molecule has 0 aromatic rings. The Morgan fingerprint density at radius 1 is 1.62 bits per heavy atom. The Hall–Kier alpha value is -0.740. The zero-order valence-corrected chi connectivity index (χ0v) is 5.18. The van der Waals surface area contributed by atoms with E-state index < -0.39 is 5.60 Å². The largest absolute Gasteiger partial charge is 0.386 e. The van der Waals surface area contributed by atoms with Gasteiger partial charge in [-0.3, -0.25) is 0 Å². The van der Waals surface area contributed by atoms with Crippen LogP contribution in [0.4, 0.5) is 0 Å². The van der Waals surface area contributed by atoms with E-state index in [-0.39, 0.29) is 0 Å². The first-order valence-corrected chi connectivity index (χ1v) is 2.42. The third-order valence-electron chi connectivity index (χ3n) is 0.587. The van der Waals surface area contributed by atoms with Gasteiger partial charge in [-0.15, -0.1) is 6.42 Å². The molecule has 1 nitrogen and oxygen atoms in total. The normalized spacial score (nSPS) is 11.8. The molecule has 0 heterocycles. The Kier molecular flexibility index (Phi) is 2.30. The Balaban J connectivity index is 3.75. The van der Waals surface area contributed by atoms with Crippen molar-refractivity contribution >= 4 is 0 Å². The second-order valence-electron chi connectivity index (χ2n) is 2.15. The second kappa shape index (κ2) is 2.54. The molecule has 0 spiro atoms. The highest BCUT2D eigenvalue weighted by atomic mass is 16.3. The molecule has 0 aliphatic heterocycles. The molecule has 0 saturated heterocycles. The van der Waals surface area contributed by atoms with Gasteiger partial charge in [0.2, 0.25) is 0 Å². The van der Waals surface area contributed by atoms with Crippen LogP contribution >= 0.6 is 0 Å². The Morgan fingerprint density at radius 3 is 2.25 bits per heavy atom. The average Bonchev–Trinajstić information content (AvgIpc) is 1.59. The number of hydrogen-bond donors (Lipinski definition) is 1. The monoisotopic (exact) mass is 110 g/mol. The number of allylic oxidation sites excluding steroid dienone is 1. The van der Waals surface area contributed by atoms with Gasteiger partial charge >= 0.3 is 0 Å². The zero-order chi connectivity index (χ0) is 6.62. The highest BCUT2D eigenvalue weighted by molar-refractivity contribution is 5.12. The molecule has 0 aromatic carbocycles. The smallest absolute Gasteiger partial charge is 0.0780 e. The highest BCUT2D eigenvalue weighted by Crippen LogP contribution is 2.00. The summed E-state index contributed by atoms with van der Waals surface area (Å²) < 4.78 is 0. The summed E-state index contributed by atoms with van der Waals surface area (Å²) in [5.74, 6) is 2.28. The minimum atomic E-state index is -0.771. The van der Waals surface area contributed by atoms with Crippen molar-refractivity contribution in [3.63, 3.8) is 0 Å². The van der Waals surface area contributed by atoms with Crippen molar-refractivity contribution in [1.82, 2.24) is 0 Å². The summed E-state index contributed by atoms with van der Waals surface area (Å²) in [6, 6.07) is 0. The van der Waals surface area contributed by atoms with Gasteiger partial charge in [0, 0.05) is 0 Å². The van der Waals surface area contributed by atoms with E-state index in [2.05, 4.69) is 5.92 Å². The number of hydrogen-bond acceptors (Lipinski definition) is 1. The fraction of sp³-hybridized carbons (Fsp3) is 0.429. The lowest BCUT2D eigenvalue weighted by Gasteiger charge is -2.08. The van der Waals surface area contributed by atoms with Crippen LogP contribution in [-0.4, -0.2) is 10.7 Å². The van der Waals surface area contributed by atoms with E-state index in [4.69, 9.17) is 11.5 Å². The van der Waals surface area contributed by atoms with Crippen LogP contribution in [0.5, 0.6) is 0 Å². The molecule has 0 saturated carbocycles. The van der Waals surface area contributed by atoms with E-state index in [0.717, 1.165) is 0 Å². The summed E-state index contributed by atoms with van der Waals surface area (Å²) in [7, 11) is 0. The van der Waals surface area contributed by atoms with Crippen molar-refractivity contribution in [2.75, 3.05) is 0 Å². The molecule has 8 heavy (non-hydrogen) atoms. The van der Waals surface area contributed by atoms with E-state index in [1.54, 1.807) is 19.9 Å². The van der Waals surface area contributed by atoms with Gasteiger partial charge in [-0.25, -0.2) is 0 Å². The number of aliphatic hydroxyl groups is 1. The first-order chi connectivity index (χ1) is 3.56. The molecule has 0 atom stereocenters. The second-order valence-corrected chi connectivity index (χ2v) is 2.15. The number of rotatable bonds is 1. The van der Waals surface area contributed by atoms with Gasteiger partial charge in [-0.2, -0.15) is 0 Å². The van der Waals surface area contributed by atoms with Gasteiger partial charge in [0.15, 0.2) is 0 Å². The number of terminal acetylenes is 1. The molecule has 1 N–H and O–H groups in total. The van der Waals surface area contributed by atoms with Crippen LogP contribution in [0.3, 0.4) is 0 Å². The minimum absolute atomic E-state index is 0.771. The molecule has 0 amide bonds. The molecular weight excluding hydrogens is 100 g/mol. The Morgan fingerprint density at radius 2 is 2.12 bits per heavy atom. The summed E-state index contributed by atoms with van der Waals surface area (Å²) in [6.45, 7) is 3.34. The van der Waals surface area contributed by atoms with E-state index in [0.29, 0.717) is 0 Å². The molecule has 44 valence electrons. The molecule has 0 aliphatic carbocycles. The summed E-state index contributed by atoms with van der Waals surface area (Å²) in [4.78, 5) is 0. The lowest BCUT2D eigenvalue weighted by molar-refractivity contribution is 0.133. The summed E-state index contributed by atoms with van der Waals surface area (Å²) in [5, 5.41) is 8.97. The summed E-state index contributed by atoms with van der Waals surface area (Å²) in [6.07, 6.45) is 7.94. The maximum atomic E-state index is 8.97. The molecule has 0 bridgehead atoms. The van der Waals surface area contributed by atoms with Crippen LogP contribution in [0.2, 0.25) is 0 Å². The molecule has 0 fully saturated rings. The fourth-order valence-corrected chi connectivity index (χ4v) is 0.252. The average molecular weight is 110 g/mol. The van der Waals surface area contributed by atoms with E-state index in [1.165, 1.54) is 6.08 Å². The lowest BCUT2D eigenvalue weighted by Crippen LogP contribution is -2.13. The van der Waals surface area contributed by atoms with Crippen molar-refractivity contribution in [2.45, 2.75) is 19.4 Å². The molecule has 0 unspecified atom stereocenters. The fourth-order valence-electron chi connectivity index (χ4n) is 0.252. The summed E-state index contributed by atoms with van der Waals surface area (Å²) in [5.41, 5.74) is -0.771. The maximum absolute atomic E-state index is 8.97. The molecular formula is C7H10O. The van der Waals surface area contributed by atoms with Crippen LogP contribution in [0.25, 0.3) is 0 Å². The van der Waals surface area contributed by atoms with Gasteiger partial charge < -0.3 is 5.11 Å². The summed E-state index contributed by atoms with van der Waals surface area (Å²) >= 11 is 0. The lowest BCUT2D eigenvalue weighted by atomic mass is 10.1. The maximum Gasteiger partial charge on any atom is 0.0780 e. The Bertz CT molecular complexity index is 120. The van der Waals surface area contributed by atoms with Gasteiger partial charge in [0.1, 0.15) is 0 Å². The minimum Gasteiger partial charge on any atom is -0.386 e. The van der Waals surface area contributed by atoms with E-state index >= 15 is 0 Å². The molecule has 0 rings (SSSR count). The van der Waals surface area contributed by atoms with Gasteiger partial charge in [0.25, 0.3) is 0 Å². The van der Waals surface area contributed by atoms with Crippen LogP contribution < -0.4 is 0 Å². The third-order valence-corrected chi connectivity index (χ3v) is 0.587. The topological polar surface area (TPSA) is 20.2 Å². The van der Waals surface area contributed by atoms with Gasteiger partial charge in [0.05, 0.1) is 5.60 Å². The first-order valence-electron chi connectivity index (χ1n) is 2.42. The van der Waals surface area contributed by atoms with Gasteiger partial charge in [-0.1, -0.05) is 5.92 Å². The predicted molar refractivity (Wildman–Crippen MR) is 34.3 cm³/mol. The van der Waals surface area contributed by atoms with E-state index in [9.17, 15) is 0 Å². The molecule has 0 aliphatic rings. The molecule has 1 heteroatoms. The first kappa shape index (κ1) is 7.26. The zero-order valence-electron chi connectivity index (χ0n) is 5.18. The van der Waals surface area contributed by atoms with Crippen LogP contribution in [0, 0.1) is 12.3 Å². The van der Waals surface area contributed by atoms with Crippen LogP contribution in [0.15, 0.2) is 12.2 Å². The van der Waals surface area contributed by atoms with Crippen LogP contribution in [0.1, 0.15) is 13.8 Å². The Labute approximate surface area is 50.0 Å². The highest BCUT2D eigenvalue weighted by Gasteiger charge is 2.03. The van der Waals surface area contributed by atoms with Gasteiger partial charge in [-0.05, 0) is 26.0 Å². The van der Waals surface area contributed by atoms with Crippen molar-refractivity contribution < 1.29 is 5.11 Å². The van der Waals surface area contributed by atoms with E-state index in [1.807, 2.05) is 0 Å². The SMILES string of the molecule is C#CC=CC(C)(C)O. The van der Waals surface area contributed by atoms with Crippen molar-refractivity contribution in [3.8, 4) is 12.3 Å². The predicted octanol–water partition coefficient (Wildman–Crippen LogP) is 0.947. The standard InChI is InChI=1S/C7H10O/c1-4-5-6-7(2,3)8/h1,5-6,8H,2-3H3. The van der Waals surface area contributed by atoms with Crippen molar-refractivity contribution in [1.29, 1.82) is 0 Å². The quantitative estimate of drug-likeness (QED) is 0.498.